The highest BCUT2D eigenvalue weighted by Gasteiger charge is 2.30. The second-order valence-corrected chi connectivity index (χ2v) is 7.92. The third kappa shape index (κ3) is 3.74. The molecule has 0 N–H and O–H groups in total. The molecule has 2 heterocycles. The number of hydrogen-bond acceptors (Lipinski definition) is 5. The van der Waals surface area contributed by atoms with Crippen molar-refractivity contribution in [1.29, 1.82) is 0 Å². The normalized spacial score (nSPS) is 19.2. The van der Waals surface area contributed by atoms with E-state index in [1.54, 1.807) is 28.6 Å². The molecule has 2 aliphatic heterocycles. The summed E-state index contributed by atoms with van der Waals surface area (Å²) < 4.78 is 43.6. The third-order valence-corrected chi connectivity index (χ3v) is 6.21. The lowest BCUT2D eigenvalue weighted by molar-refractivity contribution is 0.0982. The van der Waals surface area contributed by atoms with Gasteiger partial charge in [0.25, 0.3) is 0 Å². The number of rotatable bonds is 6. The van der Waals surface area contributed by atoms with Crippen LogP contribution in [-0.4, -0.2) is 52.2 Å². The SMILES string of the molecule is C=CCOCC1CCN(S(=O)(=O)c2ccc3c(c2)OCCO3)CC1. The Morgan fingerprint density at radius 1 is 1.21 bits per heavy atom. The zero-order valence-electron chi connectivity index (χ0n) is 13.6. The van der Waals surface area contributed by atoms with Crippen LogP contribution in [0.25, 0.3) is 0 Å². The minimum atomic E-state index is -3.50. The number of sulfonamides is 1. The summed E-state index contributed by atoms with van der Waals surface area (Å²) in [4.78, 5) is 0.258. The quantitative estimate of drug-likeness (QED) is 0.579. The fourth-order valence-corrected chi connectivity index (χ4v) is 4.45. The van der Waals surface area contributed by atoms with Crippen LogP contribution in [0.4, 0.5) is 0 Å². The second-order valence-electron chi connectivity index (χ2n) is 5.98. The van der Waals surface area contributed by atoms with Crippen molar-refractivity contribution in [3.8, 4) is 11.5 Å². The average Bonchev–Trinajstić information content (AvgIpc) is 2.62. The van der Waals surface area contributed by atoms with Crippen molar-refractivity contribution in [2.24, 2.45) is 5.92 Å². The number of benzene rings is 1. The van der Waals surface area contributed by atoms with E-state index in [1.165, 1.54) is 0 Å². The molecule has 6 nitrogen and oxygen atoms in total. The Balaban J connectivity index is 1.65. The van der Waals surface area contributed by atoms with Gasteiger partial charge in [-0.3, -0.25) is 0 Å². The zero-order chi connectivity index (χ0) is 17.0. The van der Waals surface area contributed by atoms with Gasteiger partial charge in [-0.05, 0) is 30.9 Å². The van der Waals surface area contributed by atoms with E-state index in [9.17, 15) is 8.42 Å². The molecule has 0 atom stereocenters. The minimum absolute atomic E-state index is 0.258. The van der Waals surface area contributed by atoms with Crippen molar-refractivity contribution in [2.75, 3.05) is 39.5 Å². The molecule has 0 radical (unpaired) electrons. The van der Waals surface area contributed by atoms with Crippen molar-refractivity contribution in [1.82, 2.24) is 4.31 Å². The van der Waals surface area contributed by atoms with Crippen LogP contribution >= 0.6 is 0 Å². The van der Waals surface area contributed by atoms with Crippen LogP contribution in [0.1, 0.15) is 12.8 Å². The van der Waals surface area contributed by atoms with E-state index in [-0.39, 0.29) is 4.90 Å². The number of nitrogens with zero attached hydrogens (tertiary/aromatic N) is 1. The van der Waals surface area contributed by atoms with Gasteiger partial charge in [-0.1, -0.05) is 6.08 Å². The first-order chi connectivity index (χ1) is 11.6. The van der Waals surface area contributed by atoms with Crippen LogP contribution in [0.3, 0.4) is 0 Å². The largest absolute Gasteiger partial charge is 0.486 e. The van der Waals surface area contributed by atoms with Crippen molar-refractivity contribution in [3.63, 3.8) is 0 Å². The van der Waals surface area contributed by atoms with E-state index in [0.29, 0.717) is 56.9 Å². The second kappa shape index (κ2) is 7.55. The van der Waals surface area contributed by atoms with Gasteiger partial charge in [0.05, 0.1) is 11.5 Å². The van der Waals surface area contributed by atoms with Crippen LogP contribution in [-0.2, 0) is 14.8 Å². The molecule has 24 heavy (non-hydrogen) atoms. The molecular formula is C17H23NO5S. The monoisotopic (exact) mass is 353 g/mol. The van der Waals surface area contributed by atoms with E-state index in [2.05, 4.69) is 6.58 Å². The Morgan fingerprint density at radius 3 is 2.62 bits per heavy atom. The summed E-state index contributed by atoms with van der Waals surface area (Å²) in [6.07, 6.45) is 3.34. The van der Waals surface area contributed by atoms with E-state index in [0.717, 1.165) is 12.8 Å². The van der Waals surface area contributed by atoms with Gasteiger partial charge in [-0.15, -0.1) is 6.58 Å². The summed E-state index contributed by atoms with van der Waals surface area (Å²) >= 11 is 0. The first-order valence-corrected chi connectivity index (χ1v) is 9.63. The Labute approximate surface area is 143 Å². The molecule has 1 aromatic rings. The molecule has 2 aliphatic rings. The first-order valence-electron chi connectivity index (χ1n) is 8.19. The Morgan fingerprint density at radius 2 is 1.92 bits per heavy atom. The molecule has 0 saturated carbocycles. The topological polar surface area (TPSA) is 65.1 Å². The Kier molecular flexibility index (Phi) is 5.43. The fourth-order valence-electron chi connectivity index (χ4n) is 2.97. The van der Waals surface area contributed by atoms with Gasteiger partial charge in [-0.25, -0.2) is 8.42 Å². The predicted molar refractivity (Wildman–Crippen MR) is 89.9 cm³/mol. The fraction of sp³-hybridized carbons (Fsp3) is 0.529. The highest BCUT2D eigenvalue weighted by atomic mass is 32.2. The van der Waals surface area contributed by atoms with Crippen LogP contribution in [0.15, 0.2) is 35.7 Å². The van der Waals surface area contributed by atoms with Gasteiger partial charge in [0.2, 0.25) is 10.0 Å². The maximum absolute atomic E-state index is 12.8. The van der Waals surface area contributed by atoms with Gasteiger partial charge in [0.15, 0.2) is 11.5 Å². The van der Waals surface area contributed by atoms with E-state index in [4.69, 9.17) is 14.2 Å². The van der Waals surface area contributed by atoms with E-state index in [1.807, 2.05) is 0 Å². The standard InChI is InChI=1S/C17H23NO5S/c1-2-9-21-13-14-5-7-18(8-6-14)24(19,20)15-3-4-16-17(12-15)23-11-10-22-16/h2-4,12,14H,1,5-11,13H2. The number of hydrogen-bond donors (Lipinski definition) is 0. The average molecular weight is 353 g/mol. The lowest BCUT2D eigenvalue weighted by atomic mass is 9.99. The molecule has 1 fully saturated rings. The molecule has 7 heteroatoms. The highest BCUT2D eigenvalue weighted by Crippen LogP contribution is 2.34. The third-order valence-electron chi connectivity index (χ3n) is 4.31. The molecular weight excluding hydrogens is 330 g/mol. The van der Waals surface area contributed by atoms with E-state index < -0.39 is 10.0 Å². The lowest BCUT2D eigenvalue weighted by Gasteiger charge is -2.31. The van der Waals surface area contributed by atoms with Gasteiger partial charge in [0, 0.05) is 25.8 Å². The number of ether oxygens (including phenoxy) is 3. The zero-order valence-corrected chi connectivity index (χ0v) is 14.5. The summed E-state index contributed by atoms with van der Waals surface area (Å²) in [5.41, 5.74) is 0. The Hall–Kier alpha value is -1.57. The molecule has 0 amide bonds. The first kappa shape index (κ1) is 17.3. The molecule has 0 spiro atoms. The van der Waals surface area contributed by atoms with Crippen molar-refractivity contribution >= 4 is 10.0 Å². The Bertz CT molecular complexity index is 680. The summed E-state index contributed by atoms with van der Waals surface area (Å²) in [5, 5.41) is 0. The summed E-state index contributed by atoms with van der Waals surface area (Å²) in [6, 6.07) is 4.81. The summed E-state index contributed by atoms with van der Waals surface area (Å²) in [6.45, 7) is 6.76. The molecule has 1 saturated heterocycles. The number of fused-ring (bicyclic) bond motifs is 1. The molecule has 0 bridgehead atoms. The summed E-state index contributed by atoms with van der Waals surface area (Å²) in [7, 11) is -3.50. The molecule has 3 rings (SSSR count). The maximum atomic E-state index is 12.8. The smallest absolute Gasteiger partial charge is 0.243 e. The van der Waals surface area contributed by atoms with Gasteiger partial charge < -0.3 is 14.2 Å². The lowest BCUT2D eigenvalue weighted by Crippen LogP contribution is -2.39. The predicted octanol–water partition coefficient (Wildman–Crippen LogP) is 2.06. The molecule has 0 unspecified atom stereocenters. The molecule has 0 aromatic heterocycles. The van der Waals surface area contributed by atoms with Gasteiger partial charge in [-0.2, -0.15) is 4.31 Å². The molecule has 132 valence electrons. The highest BCUT2D eigenvalue weighted by molar-refractivity contribution is 7.89. The summed E-state index contributed by atoms with van der Waals surface area (Å²) in [5.74, 6) is 1.49. The van der Waals surface area contributed by atoms with Crippen molar-refractivity contribution < 1.29 is 22.6 Å². The van der Waals surface area contributed by atoms with Crippen LogP contribution < -0.4 is 9.47 Å². The van der Waals surface area contributed by atoms with Crippen molar-refractivity contribution in [2.45, 2.75) is 17.7 Å². The van der Waals surface area contributed by atoms with Gasteiger partial charge in [0.1, 0.15) is 13.2 Å². The van der Waals surface area contributed by atoms with Gasteiger partial charge >= 0.3 is 0 Å². The number of piperidine rings is 1. The van der Waals surface area contributed by atoms with Crippen LogP contribution in [0.5, 0.6) is 11.5 Å². The minimum Gasteiger partial charge on any atom is -0.486 e. The molecule has 0 aliphatic carbocycles. The van der Waals surface area contributed by atoms with Crippen molar-refractivity contribution in [3.05, 3.63) is 30.9 Å². The van der Waals surface area contributed by atoms with Crippen LogP contribution in [0, 0.1) is 5.92 Å². The van der Waals surface area contributed by atoms with E-state index >= 15 is 0 Å². The molecule has 1 aromatic carbocycles. The maximum Gasteiger partial charge on any atom is 0.243 e. The van der Waals surface area contributed by atoms with Crippen LogP contribution in [0.2, 0.25) is 0 Å².